The fourth-order valence-electron chi connectivity index (χ4n) is 2.15. The summed E-state index contributed by atoms with van der Waals surface area (Å²) in [6.45, 7) is 8.39. The highest BCUT2D eigenvalue weighted by Gasteiger charge is 2.20. The number of carbonyl (C=O) groups excluding carboxylic acids is 1. The van der Waals surface area contributed by atoms with E-state index in [1.54, 1.807) is 0 Å². The van der Waals surface area contributed by atoms with Crippen molar-refractivity contribution in [3.05, 3.63) is 0 Å². The normalized spacial score (nSPS) is 16.4. The van der Waals surface area contributed by atoms with Crippen molar-refractivity contribution in [2.45, 2.75) is 45.3 Å². The third kappa shape index (κ3) is 9.77. The van der Waals surface area contributed by atoms with Crippen molar-refractivity contribution < 1.29 is 9.53 Å². The van der Waals surface area contributed by atoms with Crippen LogP contribution in [0.5, 0.6) is 0 Å². The summed E-state index contributed by atoms with van der Waals surface area (Å²) in [5.74, 6) is 0.0825. The minimum Gasteiger partial charge on any atom is -0.377 e. The highest BCUT2D eigenvalue weighted by atomic mass is 35.5. The van der Waals surface area contributed by atoms with E-state index >= 15 is 0 Å². The van der Waals surface area contributed by atoms with Gasteiger partial charge < -0.3 is 20.7 Å². The van der Waals surface area contributed by atoms with Crippen LogP contribution in [-0.4, -0.2) is 55.7 Å². The van der Waals surface area contributed by atoms with E-state index in [4.69, 9.17) is 10.5 Å². The fraction of sp³-hybridized carbons (Fsp3) is 0.923. The molecule has 0 unspecified atom stereocenters. The Morgan fingerprint density at radius 1 is 1.35 bits per heavy atom. The van der Waals surface area contributed by atoms with Gasteiger partial charge in [0.2, 0.25) is 5.91 Å². The van der Waals surface area contributed by atoms with Gasteiger partial charge in [0.25, 0.3) is 0 Å². The number of amides is 1. The maximum atomic E-state index is 11.4. The standard InChI is InChI=1S/C13H27N3O2.2ClH/c1-11(2)18-10-9-16-7-4-12(5-8-16)15-13(17)3-6-14;;/h11-12H,3-10,14H2,1-2H3,(H,15,17);2*1H. The second-order valence-corrected chi connectivity index (χ2v) is 5.14. The van der Waals surface area contributed by atoms with Gasteiger partial charge in [-0.05, 0) is 26.7 Å². The summed E-state index contributed by atoms with van der Waals surface area (Å²) in [6, 6.07) is 0.325. The van der Waals surface area contributed by atoms with Crippen molar-refractivity contribution in [2.75, 3.05) is 32.8 Å². The fourth-order valence-corrected chi connectivity index (χ4v) is 2.15. The molecule has 0 aromatic carbocycles. The van der Waals surface area contributed by atoms with Crippen molar-refractivity contribution in [1.82, 2.24) is 10.2 Å². The third-order valence-electron chi connectivity index (χ3n) is 3.18. The zero-order chi connectivity index (χ0) is 13.4. The van der Waals surface area contributed by atoms with Crippen LogP contribution in [0.3, 0.4) is 0 Å². The summed E-state index contributed by atoms with van der Waals surface area (Å²) in [4.78, 5) is 13.8. The Bertz CT molecular complexity index is 248. The Balaban J connectivity index is 0. The minimum absolute atomic E-state index is 0. The number of hydrogen-bond acceptors (Lipinski definition) is 4. The molecule has 0 radical (unpaired) electrons. The number of piperidine rings is 1. The highest BCUT2D eigenvalue weighted by Crippen LogP contribution is 2.10. The lowest BCUT2D eigenvalue weighted by Crippen LogP contribution is -2.45. The van der Waals surface area contributed by atoms with E-state index in [2.05, 4.69) is 24.1 Å². The highest BCUT2D eigenvalue weighted by molar-refractivity contribution is 5.85. The Kier molecular flexibility index (Phi) is 14.1. The average molecular weight is 330 g/mol. The molecule has 0 spiro atoms. The number of likely N-dealkylation sites (tertiary alicyclic amines) is 1. The average Bonchev–Trinajstić information content (AvgIpc) is 2.31. The molecule has 1 aliphatic rings. The first-order chi connectivity index (χ1) is 8.61. The molecule has 1 fully saturated rings. The molecule has 0 aromatic heterocycles. The van der Waals surface area contributed by atoms with Crippen molar-refractivity contribution in [1.29, 1.82) is 0 Å². The maximum absolute atomic E-state index is 11.4. The van der Waals surface area contributed by atoms with E-state index in [1.165, 1.54) is 0 Å². The van der Waals surface area contributed by atoms with Gasteiger partial charge in [0.1, 0.15) is 0 Å². The van der Waals surface area contributed by atoms with Gasteiger partial charge in [0.15, 0.2) is 0 Å². The monoisotopic (exact) mass is 329 g/mol. The molecule has 5 nitrogen and oxygen atoms in total. The van der Waals surface area contributed by atoms with Crippen LogP contribution in [0.15, 0.2) is 0 Å². The van der Waals surface area contributed by atoms with Crippen LogP contribution in [0.4, 0.5) is 0 Å². The summed E-state index contributed by atoms with van der Waals surface area (Å²) < 4.78 is 5.54. The van der Waals surface area contributed by atoms with Gasteiger partial charge in [-0.25, -0.2) is 0 Å². The van der Waals surface area contributed by atoms with Gasteiger partial charge in [-0.15, -0.1) is 24.8 Å². The second-order valence-electron chi connectivity index (χ2n) is 5.14. The number of rotatable bonds is 7. The molecule has 1 heterocycles. The number of nitrogens with two attached hydrogens (primary N) is 1. The molecule has 0 atom stereocenters. The Morgan fingerprint density at radius 2 is 1.95 bits per heavy atom. The van der Waals surface area contributed by atoms with Crippen LogP contribution >= 0.6 is 24.8 Å². The number of ether oxygens (including phenoxy) is 1. The molecule has 1 aliphatic heterocycles. The summed E-state index contributed by atoms with van der Waals surface area (Å²) in [5.41, 5.74) is 5.35. The van der Waals surface area contributed by atoms with Crippen molar-refractivity contribution >= 4 is 30.7 Å². The minimum atomic E-state index is 0. The number of hydrogen-bond donors (Lipinski definition) is 2. The molecule has 0 aliphatic carbocycles. The van der Waals surface area contributed by atoms with Gasteiger partial charge in [-0.1, -0.05) is 0 Å². The molecule has 1 amide bonds. The third-order valence-corrected chi connectivity index (χ3v) is 3.18. The molecule has 1 rings (SSSR count). The number of nitrogens with one attached hydrogen (secondary N) is 1. The molecule has 0 bridgehead atoms. The Morgan fingerprint density at radius 3 is 2.45 bits per heavy atom. The van der Waals surface area contributed by atoms with E-state index in [0.29, 0.717) is 25.1 Å². The largest absolute Gasteiger partial charge is 0.377 e. The van der Waals surface area contributed by atoms with Crippen LogP contribution in [0, 0.1) is 0 Å². The lowest BCUT2D eigenvalue weighted by atomic mass is 10.0. The van der Waals surface area contributed by atoms with Gasteiger partial charge in [0, 0.05) is 38.6 Å². The smallest absolute Gasteiger partial charge is 0.221 e. The number of nitrogens with zero attached hydrogens (tertiary/aromatic N) is 1. The van der Waals surface area contributed by atoms with E-state index in [0.717, 1.165) is 39.1 Å². The lowest BCUT2D eigenvalue weighted by Gasteiger charge is -2.32. The van der Waals surface area contributed by atoms with E-state index < -0.39 is 0 Å². The van der Waals surface area contributed by atoms with Crippen molar-refractivity contribution in [3.63, 3.8) is 0 Å². The SMILES string of the molecule is CC(C)OCCN1CCC(NC(=O)CCN)CC1.Cl.Cl. The number of halogens is 2. The summed E-state index contributed by atoms with van der Waals surface area (Å²) in [6.07, 6.45) is 2.79. The molecule has 7 heteroatoms. The van der Waals surface area contributed by atoms with E-state index in [9.17, 15) is 4.79 Å². The van der Waals surface area contributed by atoms with Crippen LogP contribution in [-0.2, 0) is 9.53 Å². The topological polar surface area (TPSA) is 67.6 Å². The lowest BCUT2D eigenvalue weighted by molar-refractivity contribution is -0.121. The van der Waals surface area contributed by atoms with Crippen LogP contribution in [0.25, 0.3) is 0 Å². The predicted molar refractivity (Wildman–Crippen MR) is 86.9 cm³/mol. The van der Waals surface area contributed by atoms with Gasteiger partial charge in [-0.2, -0.15) is 0 Å². The molecule has 1 saturated heterocycles. The Hall–Kier alpha value is -0.0700. The van der Waals surface area contributed by atoms with Crippen LogP contribution in [0.2, 0.25) is 0 Å². The second kappa shape index (κ2) is 12.7. The van der Waals surface area contributed by atoms with Crippen LogP contribution < -0.4 is 11.1 Å². The van der Waals surface area contributed by atoms with Gasteiger partial charge in [0.05, 0.1) is 12.7 Å². The maximum Gasteiger partial charge on any atom is 0.221 e. The molecular weight excluding hydrogens is 301 g/mol. The van der Waals surface area contributed by atoms with E-state index in [-0.39, 0.29) is 30.7 Å². The van der Waals surface area contributed by atoms with Crippen LogP contribution in [0.1, 0.15) is 33.1 Å². The molecular formula is C13H29Cl2N3O2. The van der Waals surface area contributed by atoms with Crippen molar-refractivity contribution in [3.8, 4) is 0 Å². The first kappa shape index (κ1) is 22.2. The zero-order valence-electron chi connectivity index (χ0n) is 12.5. The van der Waals surface area contributed by atoms with Gasteiger partial charge in [-0.3, -0.25) is 4.79 Å². The van der Waals surface area contributed by atoms with E-state index in [1.807, 2.05) is 0 Å². The molecule has 3 N–H and O–H groups in total. The van der Waals surface area contributed by atoms with Gasteiger partial charge >= 0.3 is 0 Å². The van der Waals surface area contributed by atoms with Crippen molar-refractivity contribution in [2.24, 2.45) is 5.73 Å². The summed E-state index contributed by atoms with van der Waals surface area (Å²) in [5, 5.41) is 3.04. The predicted octanol–water partition coefficient (Wildman–Crippen LogP) is 1.18. The number of carbonyl (C=O) groups is 1. The molecule has 20 heavy (non-hydrogen) atoms. The summed E-state index contributed by atoms with van der Waals surface area (Å²) >= 11 is 0. The molecule has 0 saturated carbocycles. The molecule has 0 aromatic rings. The first-order valence-electron chi connectivity index (χ1n) is 6.95. The first-order valence-corrected chi connectivity index (χ1v) is 6.95. The zero-order valence-corrected chi connectivity index (χ0v) is 14.1. The molecule has 122 valence electrons. The summed E-state index contributed by atoms with van der Waals surface area (Å²) in [7, 11) is 0. The quantitative estimate of drug-likeness (QED) is 0.736. The Labute approximate surface area is 134 Å².